The van der Waals surface area contributed by atoms with Gasteiger partial charge in [-0.05, 0) is 24.8 Å². The fourth-order valence-electron chi connectivity index (χ4n) is 4.05. The van der Waals surface area contributed by atoms with Gasteiger partial charge in [0, 0.05) is 49.9 Å². The normalized spacial score (nSPS) is 20.2. The molecule has 0 radical (unpaired) electrons. The number of nitrogens with one attached hydrogen (secondary N) is 1. The minimum atomic E-state index is -0.376. The molecule has 1 aromatic rings. The van der Waals surface area contributed by atoms with Gasteiger partial charge in [-0.25, -0.2) is 0 Å². The number of hydrogen-bond acceptors (Lipinski definition) is 5. The standard InChI is InChI=1S/C17H25N3O3.2ClH/c21-16-7-6-14(20(22)23)12-15(16)17(13-4-2-1-3-5-13)19-10-8-18-9-11-19;;/h6-7,12-13,17-18,21H,1-5,8-11H2;2*1H/t17-;;/m0../s1. The third-order valence-electron chi connectivity index (χ3n) is 5.18. The van der Waals surface area contributed by atoms with E-state index in [0.29, 0.717) is 5.92 Å². The van der Waals surface area contributed by atoms with E-state index in [1.165, 1.54) is 31.4 Å². The highest BCUT2D eigenvalue weighted by molar-refractivity contribution is 5.85. The Bertz CT molecular complexity index is 544. The van der Waals surface area contributed by atoms with Crippen molar-refractivity contribution in [2.45, 2.75) is 38.1 Å². The molecule has 6 nitrogen and oxygen atoms in total. The Morgan fingerprint density at radius 1 is 1.16 bits per heavy atom. The molecular weight excluding hydrogens is 365 g/mol. The van der Waals surface area contributed by atoms with Crippen LogP contribution in [0.2, 0.25) is 0 Å². The van der Waals surface area contributed by atoms with Gasteiger partial charge in [-0.3, -0.25) is 15.0 Å². The van der Waals surface area contributed by atoms with Crippen LogP contribution in [0, 0.1) is 16.0 Å². The number of piperazine rings is 1. The van der Waals surface area contributed by atoms with Crippen molar-refractivity contribution < 1.29 is 10.0 Å². The van der Waals surface area contributed by atoms with Gasteiger partial charge in [0.2, 0.25) is 0 Å². The summed E-state index contributed by atoms with van der Waals surface area (Å²) in [6.45, 7) is 3.70. The van der Waals surface area contributed by atoms with Crippen LogP contribution in [0.1, 0.15) is 43.7 Å². The van der Waals surface area contributed by atoms with E-state index >= 15 is 0 Å². The second-order valence-corrected chi connectivity index (χ2v) is 6.63. The second-order valence-electron chi connectivity index (χ2n) is 6.63. The van der Waals surface area contributed by atoms with E-state index < -0.39 is 0 Å². The number of nitro benzene ring substituents is 1. The molecule has 1 aliphatic heterocycles. The van der Waals surface area contributed by atoms with Crippen molar-refractivity contribution >= 4 is 30.5 Å². The number of non-ortho nitro benzene ring substituents is 1. The van der Waals surface area contributed by atoms with Crippen molar-refractivity contribution in [2.75, 3.05) is 26.2 Å². The van der Waals surface area contributed by atoms with Gasteiger partial charge in [0.25, 0.3) is 5.69 Å². The average molecular weight is 392 g/mol. The molecule has 0 unspecified atom stereocenters. The highest BCUT2D eigenvalue weighted by atomic mass is 35.5. The lowest BCUT2D eigenvalue weighted by Crippen LogP contribution is -2.47. The number of rotatable bonds is 4. The molecule has 142 valence electrons. The van der Waals surface area contributed by atoms with E-state index in [-0.39, 0.29) is 47.2 Å². The van der Waals surface area contributed by atoms with Crippen molar-refractivity contribution in [3.63, 3.8) is 0 Å². The predicted octanol–water partition coefficient (Wildman–Crippen LogP) is 3.67. The molecule has 25 heavy (non-hydrogen) atoms. The zero-order valence-electron chi connectivity index (χ0n) is 14.2. The quantitative estimate of drug-likeness (QED) is 0.604. The summed E-state index contributed by atoms with van der Waals surface area (Å²) in [4.78, 5) is 13.2. The van der Waals surface area contributed by atoms with E-state index in [4.69, 9.17) is 0 Å². The summed E-state index contributed by atoms with van der Waals surface area (Å²) in [5, 5.41) is 24.9. The van der Waals surface area contributed by atoms with E-state index in [0.717, 1.165) is 44.6 Å². The van der Waals surface area contributed by atoms with Crippen molar-refractivity contribution in [2.24, 2.45) is 5.92 Å². The van der Waals surface area contributed by atoms with Crippen LogP contribution >= 0.6 is 24.8 Å². The summed E-state index contributed by atoms with van der Waals surface area (Å²) in [5.74, 6) is 0.652. The number of nitrogens with zero attached hydrogens (tertiary/aromatic N) is 2. The Morgan fingerprint density at radius 2 is 1.80 bits per heavy atom. The summed E-state index contributed by atoms with van der Waals surface area (Å²) >= 11 is 0. The molecule has 1 aromatic carbocycles. The summed E-state index contributed by atoms with van der Waals surface area (Å²) in [7, 11) is 0. The van der Waals surface area contributed by atoms with E-state index in [2.05, 4.69) is 10.2 Å². The Morgan fingerprint density at radius 3 is 2.40 bits per heavy atom. The molecule has 0 spiro atoms. The zero-order chi connectivity index (χ0) is 16.2. The first-order valence-electron chi connectivity index (χ1n) is 8.59. The van der Waals surface area contributed by atoms with Gasteiger partial charge in [0.05, 0.1) is 4.92 Å². The fourth-order valence-corrected chi connectivity index (χ4v) is 4.05. The SMILES string of the molecule is Cl.Cl.O=[N+]([O-])c1ccc(O)c([C@H](C2CCCCC2)N2CCNCC2)c1. The Balaban J connectivity index is 0.00000156. The van der Waals surface area contributed by atoms with Crippen LogP contribution < -0.4 is 5.32 Å². The molecule has 0 bridgehead atoms. The number of benzene rings is 1. The van der Waals surface area contributed by atoms with Gasteiger partial charge < -0.3 is 10.4 Å². The van der Waals surface area contributed by atoms with E-state index in [1.807, 2.05) is 0 Å². The van der Waals surface area contributed by atoms with Crippen LogP contribution in [-0.4, -0.2) is 41.1 Å². The lowest BCUT2D eigenvalue weighted by Gasteiger charge is -2.41. The fraction of sp³-hybridized carbons (Fsp3) is 0.647. The van der Waals surface area contributed by atoms with Crippen LogP contribution in [-0.2, 0) is 0 Å². The molecule has 0 amide bonds. The highest BCUT2D eigenvalue weighted by Gasteiger charge is 2.33. The van der Waals surface area contributed by atoms with Gasteiger partial charge in [-0.2, -0.15) is 0 Å². The maximum Gasteiger partial charge on any atom is 0.270 e. The molecule has 3 rings (SSSR count). The average Bonchev–Trinajstić information content (AvgIpc) is 2.58. The zero-order valence-corrected chi connectivity index (χ0v) is 15.9. The van der Waals surface area contributed by atoms with Crippen LogP contribution in [0.15, 0.2) is 18.2 Å². The Labute approximate surface area is 160 Å². The molecule has 1 heterocycles. The number of nitro groups is 1. The summed E-state index contributed by atoms with van der Waals surface area (Å²) in [5.41, 5.74) is 0.793. The molecule has 2 N–H and O–H groups in total. The van der Waals surface area contributed by atoms with Gasteiger partial charge >= 0.3 is 0 Å². The van der Waals surface area contributed by atoms with Crippen molar-refractivity contribution in [1.29, 1.82) is 0 Å². The molecule has 2 fully saturated rings. The molecule has 1 saturated carbocycles. The van der Waals surface area contributed by atoms with Gasteiger partial charge in [0.15, 0.2) is 0 Å². The topological polar surface area (TPSA) is 78.6 Å². The first kappa shape index (κ1) is 22.0. The smallest absolute Gasteiger partial charge is 0.270 e. The third-order valence-corrected chi connectivity index (χ3v) is 5.18. The maximum absolute atomic E-state index is 11.1. The Hall–Kier alpha value is -1.08. The molecule has 2 aliphatic rings. The molecular formula is C17H27Cl2N3O3. The van der Waals surface area contributed by atoms with Crippen molar-refractivity contribution in [1.82, 2.24) is 10.2 Å². The Kier molecular flexibility index (Phi) is 8.93. The van der Waals surface area contributed by atoms with Crippen LogP contribution in [0.5, 0.6) is 5.75 Å². The number of hydrogen-bond donors (Lipinski definition) is 2. The monoisotopic (exact) mass is 391 g/mol. The molecule has 0 aromatic heterocycles. The summed E-state index contributed by atoms with van der Waals surface area (Å²) in [6, 6.07) is 4.52. The molecule has 1 saturated heterocycles. The van der Waals surface area contributed by atoms with Gasteiger partial charge in [-0.1, -0.05) is 19.3 Å². The lowest BCUT2D eigenvalue weighted by atomic mass is 9.79. The molecule has 1 atom stereocenters. The number of phenolic OH excluding ortho intramolecular Hbond substituents is 1. The highest BCUT2D eigenvalue weighted by Crippen LogP contribution is 2.42. The van der Waals surface area contributed by atoms with E-state index in [1.54, 1.807) is 6.07 Å². The first-order chi connectivity index (χ1) is 11.2. The van der Waals surface area contributed by atoms with Gasteiger partial charge in [0.1, 0.15) is 5.75 Å². The number of phenols is 1. The van der Waals surface area contributed by atoms with Crippen LogP contribution in [0.3, 0.4) is 0 Å². The van der Waals surface area contributed by atoms with Gasteiger partial charge in [-0.15, -0.1) is 24.8 Å². The summed E-state index contributed by atoms with van der Waals surface area (Å²) in [6.07, 6.45) is 5.96. The largest absolute Gasteiger partial charge is 0.508 e. The predicted molar refractivity (Wildman–Crippen MR) is 103 cm³/mol. The molecule has 8 heteroatoms. The minimum absolute atomic E-state index is 0. The summed E-state index contributed by atoms with van der Waals surface area (Å²) < 4.78 is 0. The van der Waals surface area contributed by atoms with E-state index in [9.17, 15) is 15.2 Å². The molecule has 1 aliphatic carbocycles. The second kappa shape index (κ2) is 10.2. The van der Waals surface area contributed by atoms with Crippen molar-refractivity contribution in [3.05, 3.63) is 33.9 Å². The third kappa shape index (κ3) is 5.20. The minimum Gasteiger partial charge on any atom is -0.508 e. The lowest BCUT2D eigenvalue weighted by molar-refractivity contribution is -0.385. The van der Waals surface area contributed by atoms with Crippen LogP contribution in [0.25, 0.3) is 0 Å². The maximum atomic E-state index is 11.1. The first-order valence-corrected chi connectivity index (χ1v) is 8.59. The van der Waals surface area contributed by atoms with Crippen molar-refractivity contribution in [3.8, 4) is 5.75 Å². The number of aromatic hydroxyl groups is 1. The van der Waals surface area contributed by atoms with Crippen LogP contribution in [0.4, 0.5) is 5.69 Å². The number of halogens is 2.